The van der Waals surface area contributed by atoms with Crippen molar-refractivity contribution >= 4 is 11.9 Å². The molecule has 0 aromatic heterocycles. The number of hydrogen-bond acceptors (Lipinski definition) is 4. The number of halogens is 3. The quantitative estimate of drug-likeness (QED) is 0.555. The lowest BCUT2D eigenvalue weighted by atomic mass is 10.0. The van der Waals surface area contributed by atoms with Crippen molar-refractivity contribution in [1.82, 2.24) is 0 Å². The Kier molecular flexibility index (Phi) is 4.14. The fraction of sp³-hybridized carbons (Fsp3) is 0.600. The first kappa shape index (κ1) is 13.5. The van der Waals surface area contributed by atoms with Crippen molar-refractivity contribution in [2.75, 3.05) is 0 Å². The molecule has 0 bridgehead atoms. The van der Waals surface area contributed by atoms with Crippen LogP contribution in [0.15, 0.2) is 12.2 Å². The van der Waals surface area contributed by atoms with E-state index < -0.39 is 30.3 Å². The number of rotatable bonds is 2. The Bertz CT molecular complexity index is 335. The average Bonchev–Trinajstić information content (AvgIpc) is 2.18. The highest BCUT2D eigenvalue weighted by atomic mass is 19.4. The summed E-state index contributed by atoms with van der Waals surface area (Å²) in [6.07, 6.45) is -3.15. The number of alkyl halides is 3. The zero-order valence-corrected chi connectivity index (χ0v) is 8.99. The Labute approximate surface area is 95.4 Å². The molecule has 1 rings (SSSR count). The van der Waals surface area contributed by atoms with Gasteiger partial charge in [0, 0.05) is 6.92 Å². The van der Waals surface area contributed by atoms with E-state index >= 15 is 0 Å². The monoisotopic (exact) mass is 252 g/mol. The second-order valence-corrected chi connectivity index (χ2v) is 3.55. The summed E-state index contributed by atoms with van der Waals surface area (Å²) in [6, 6.07) is 0. The van der Waals surface area contributed by atoms with Crippen molar-refractivity contribution < 1.29 is 32.2 Å². The molecule has 0 spiro atoms. The summed E-state index contributed by atoms with van der Waals surface area (Å²) in [5.41, 5.74) is 0. The van der Waals surface area contributed by atoms with Crippen LogP contribution in [0.1, 0.15) is 19.8 Å². The lowest BCUT2D eigenvalue weighted by Crippen LogP contribution is -2.31. The molecule has 0 aromatic rings. The van der Waals surface area contributed by atoms with E-state index in [4.69, 9.17) is 4.74 Å². The van der Waals surface area contributed by atoms with Crippen molar-refractivity contribution in [1.29, 1.82) is 0 Å². The van der Waals surface area contributed by atoms with Gasteiger partial charge in [-0.1, -0.05) is 0 Å². The van der Waals surface area contributed by atoms with Crippen molar-refractivity contribution in [3.8, 4) is 0 Å². The predicted octanol–water partition coefficient (Wildman–Crippen LogP) is 1.74. The Hall–Kier alpha value is -1.53. The van der Waals surface area contributed by atoms with Crippen LogP contribution in [0.5, 0.6) is 0 Å². The van der Waals surface area contributed by atoms with Gasteiger partial charge in [0.15, 0.2) is 0 Å². The van der Waals surface area contributed by atoms with Crippen LogP contribution in [0, 0.1) is 0 Å². The summed E-state index contributed by atoms with van der Waals surface area (Å²) in [4.78, 5) is 21.1. The number of hydrogen-bond donors (Lipinski definition) is 0. The Morgan fingerprint density at radius 1 is 1.12 bits per heavy atom. The minimum absolute atomic E-state index is 0.191. The topological polar surface area (TPSA) is 52.6 Å². The first-order valence-electron chi connectivity index (χ1n) is 4.92. The van der Waals surface area contributed by atoms with Crippen LogP contribution in [-0.2, 0) is 19.1 Å². The number of ether oxygens (including phenoxy) is 2. The highest BCUT2D eigenvalue weighted by molar-refractivity contribution is 5.75. The van der Waals surface area contributed by atoms with E-state index in [0.717, 1.165) is 0 Å². The van der Waals surface area contributed by atoms with Crippen LogP contribution < -0.4 is 0 Å². The van der Waals surface area contributed by atoms with E-state index in [1.165, 1.54) is 19.1 Å². The molecule has 0 saturated heterocycles. The van der Waals surface area contributed by atoms with Gasteiger partial charge in [0.25, 0.3) is 0 Å². The van der Waals surface area contributed by atoms with Crippen LogP contribution in [0.2, 0.25) is 0 Å². The van der Waals surface area contributed by atoms with E-state index in [2.05, 4.69) is 4.74 Å². The number of esters is 2. The minimum Gasteiger partial charge on any atom is -0.458 e. The molecular weight excluding hydrogens is 241 g/mol. The van der Waals surface area contributed by atoms with Crippen LogP contribution in [0.25, 0.3) is 0 Å². The van der Waals surface area contributed by atoms with Gasteiger partial charge in [0.05, 0.1) is 0 Å². The predicted molar refractivity (Wildman–Crippen MR) is 49.9 cm³/mol. The van der Waals surface area contributed by atoms with Crippen LogP contribution in [-0.4, -0.2) is 30.3 Å². The summed E-state index contributed by atoms with van der Waals surface area (Å²) in [5.74, 6) is -2.68. The molecule has 17 heavy (non-hydrogen) atoms. The Morgan fingerprint density at radius 3 is 1.94 bits per heavy atom. The third-order valence-electron chi connectivity index (χ3n) is 2.08. The maximum atomic E-state index is 11.9. The van der Waals surface area contributed by atoms with E-state index in [-0.39, 0.29) is 6.42 Å². The van der Waals surface area contributed by atoms with Gasteiger partial charge in [-0.05, 0) is 25.0 Å². The molecule has 4 nitrogen and oxygen atoms in total. The highest BCUT2D eigenvalue weighted by Gasteiger charge is 2.42. The maximum Gasteiger partial charge on any atom is 0.490 e. The molecule has 0 saturated carbocycles. The SMILES string of the molecule is CC(=O)O[C@@H]1C=C[C@H](OC(=O)C(F)(F)F)CC1. The number of carbonyl (C=O) groups excluding carboxylic acids is 2. The fourth-order valence-corrected chi connectivity index (χ4v) is 1.38. The molecule has 1 aliphatic rings. The van der Waals surface area contributed by atoms with E-state index in [0.29, 0.717) is 6.42 Å². The fourth-order valence-electron chi connectivity index (χ4n) is 1.38. The number of carbonyl (C=O) groups is 2. The summed E-state index contributed by atoms with van der Waals surface area (Å²) >= 11 is 0. The Morgan fingerprint density at radius 2 is 1.59 bits per heavy atom. The lowest BCUT2D eigenvalue weighted by Gasteiger charge is -2.22. The Balaban J connectivity index is 2.45. The van der Waals surface area contributed by atoms with Crippen molar-refractivity contribution in [2.24, 2.45) is 0 Å². The molecule has 0 aliphatic heterocycles. The van der Waals surface area contributed by atoms with Crippen molar-refractivity contribution in [3.63, 3.8) is 0 Å². The maximum absolute atomic E-state index is 11.9. The molecule has 0 radical (unpaired) electrons. The summed E-state index contributed by atoms with van der Waals surface area (Å²) in [6.45, 7) is 1.24. The molecule has 96 valence electrons. The van der Waals surface area contributed by atoms with Crippen LogP contribution in [0.4, 0.5) is 13.2 Å². The van der Waals surface area contributed by atoms with Gasteiger partial charge in [0.2, 0.25) is 0 Å². The minimum atomic E-state index is -4.99. The molecule has 0 fully saturated rings. The van der Waals surface area contributed by atoms with Crippen molar-refractivity contribution in [3.05, 3.63) is 12.2 Å². The molecule has 1 aliphatic carbocycles. The van der Waals surface area contributed by atoms with E-state index in [1.807, 2.05) is 0 Å². The molecule has 0 amide bonds. The average molecular weight is 252 g/mol. The van der Waals surface area contributed by atoms with Gasteiger partial charge < -0.3 is 9.47 Å². The molecule has 0 aromatic carbocycles. The normalized spacial score (nSPS) is 24.2. The van der Waals surface area contributed by atoms with Gasteiger partial charge in [-0.2, -0.15) is 13.2 Å². The zero-order chi connectivity index (χ0) is 13.1. The summed E-state index contributed by atoms with van der Waals surface area (Å²) in [5, 5.41) is 0. The van der Waals surface area contributed by atoms with E-state index in [9.17, 15) is 22.8 Å². The second kappa shape index (κ2) is 5.20. The molecule has 7 heteroatoms. The zero-order valence-electron chi connectivity index (χ0n) is 8.99. The second-order valence-electron chi connectivity index (χ2n) is 3.55. The van der Waals surface area contributed by atoms with E-state index in [1.54, 1.807) is 0 Å². The summed E-state index contributed by atoms with van der Waals surface area (Å²) < 4.78 is 44.7. The smallest absolute Gasteiger partial charge is 0.458 e. The highest BCUT2D eigenvalue weighted by Crippen LogP contribution is 2.22. The van der Waals surface area contributed by atoms with Gasteiger partial charge in [-0.15, -0.1) is 0 Å². The first-order chi connectivity index (χ1) is 7.79. The molecule has 2 atom stereocenters. The third kappa shape index (κ3) is 4.46. The van der Waals surface area contributed by atoms with Gasteiger partial charge in [0.1, 0.15) is 12.2 Å². The van der Waals surface area contributed by atoms with Gasteiger partial charge >= 0.3 is 18.1 Å². The van der Waals surface area contributed by atoms with Crippen LogP contribution >= 0.6 is 0 Å². The lowest BCUT2D eigenvalue weighted by molar-refractivity contribution is -0.203. The molecular formula is C10H11F3O4. The molecule has 0 N–H and O–H groups in total. The standard InChI is InChI=1S/C10H11F3O4/c1-6(14)16-7-2-4-8(5-3-7)17-9(15)10(11,12)13/h2,4,7-8H,3,5H2,1H3/t7-,8+/m1/s1. The molecule has 0 heterocycles. The summed E-state index contributed by atoms with van der Waals surface area (Å²) in [7, 11) is 0. The third-order valence-corrected chi connectivity index (χ3v) is 2.08. The van der Waals surface area contributed by atoms with Gasteiger partial charge in [-0.3, -0.25) is 4.79 Å². The first-order valence-corrected chi connectivity index (χ1v) is 4.92. The van der Waals surface area contributed by atoms with Gasteiger partial charge in [-0.25, -0.2) is 4.79 Å². The van der Waals surface area contributed by atoms with Crippen molar-refractivity contribution in [2.45, 2.75) is 38.1 Å². The molecule has 0 unspecified atom stereocenters. The largest absolute Gasteiger partial charge is 0.490 e. The van der Waals surface area contributed by atoms with Crippen LogP contribution in [0.3, 0.4) is 0 Å².